The fourth-order valence-corrected chi connectivity index (χ4v) is 3.36. The molecule has 4 nitrogen and oxygen atoms in total. The maximum absolute atomic E-state index is 12.0. The summed E-state index contributed by atoms with van der Waals surface area (Å²) in [5.74, 6) is 0. The molecule has 1 aliphatic rings. The van der Waals surface area contributed by atoms with E-state index in [0.29, 0.717) is 12.6 Å². The van der Waals surface area contributed by atoms with Gasteiger partial charge in [0.15, 0.2) is 9.84 Å². The highest BCUT2D eigenvalue weighted by Gasteiger charge is 2.40. The van der Waals surface area contributed by atoms with Gasteiger partial charge in [-0.15, -0.1) is 0 Å². The van der Waals surface area contributed by atoms with Crippen LogP contribution in [0.3, 0.4) is 0 Å². The fraction of sp³-hybridized carbons (Fsp3) is 1.00. The summed E-state index contributed by atoms with van der Waals surface area (Å²) < 4.78 is 23.3. The molecule has 0 bridgehead atoms. The first-order chi connectivity index (χ1) is 9.11. The van der Waals surface area contributed by atoms with Crippen LogP contribution in [0.5, 0.6) is 0 Å². The zero-order valence-electron chi connectivity index (χ0n) is 14.0. The first-order valence-corrected chi connectivity index (χ1v) is 9.68. The smallest absolute Gasteiger partial charge is 0.153 e. The van der Waals surface area contributed by atoms with Crippen LogP contribution in [0, 0.1) is 0 Å². The van der Waals surface area contributed by atoms with Crippen LogP contribution in [0.1, 0.15) is 53.9 Å². The van der Waals surface area contributed by atoms with Gasteiger partial charge in [-0.3, -0.25) is 4.90 Å². The maximum atomic E-state index is 12.0. The van der Waals surface area contributed by atoms with E-state index in [2.05, 4.69) is 31.0 Å². The van der Waals surface area contributed by atoms with Crippen LogP contribution in [0.25, 0.3) is 0 Å². The topological polar surface area (TPSA) is 49.4 Å². The molecule has 0 radical (unpaired) electrons. The summed E-state index contributed by atoms with van der Waals surface area (Å²) in [5, 5.41) is 3.70. The Morgan fingerprint density at radius 1 is 1.25 bits per heavy atom. The largest absolute Gasteiger partial charge is 0.308 e. The third kappa shape index (κ3) is 3.74. The van der Waals surface area contributed by atoms with Gasteiger partial charge < -0.3 is 5.32 Å². The second-order valence-electron chi connectivity index (χ2n) is 6.87. The lowest BCUT2D eigenvalue weighted by Crippen LogP contribution is -2.65. The van der Waals surface area contributed by atoms with Gasteiger partial charge in [0.05, 0.1) is 4.75 Å². The first-order valence-electron chi connectivity index (χ1n) is 7.79. The number of hydrogen-bond donors (Lipinski definition) is 1. The van der Waals surface area contributed by atoms with E-state index < -0.39 is 14.6 Å². The summed E-state index contributed by atoms with van der Waals surface area (Å²) in [6.07, 6.45) is 4.56. The summed E-state index contributed by atoms with van der Waals surface area (Å²) in [5.41, 5.74) is 0.138. The van der Waals surface area contributed by atoms with Gasteiger partial charge in [-0.1, -0.05) is 20.8 Å². The van der Waals surface area contributed by atoms with Crippen LogP contribution in [0.2, 0.25) is 0 Å². The van der Waals surface area contributed by atoms with Gasteiger partial charge in [0.2, 0.25) is 0 Å². The van der Waals surface area contributed by atoms with Crippen molar-refractivity contribution in [2.24, 2.45) is 0 Å². The van der Waals surface area contributed by atoms with Crippen LogP contribution in [-0.2, 0) is 9.84 Å². The molecule has 0 spiro atoms. The van der Waals surface area contributed by atoms with Crippen LogP contribution >= 0.6 is 0 Å². The van der Waals surface area contributed by atoms with E-state index in [1.165, 1.54) is 6.26 Å². The summed E-state index contributed by atoms with van der Waals surface area (Å²) in [4.78, 5) is 2.39. The van der Waals surface area contributed by atoms with Gasteiger partial charge in [0.25, 0.3) is 0 Å². The SMILES string of the molecule is CCC1CNC(CC)(CC)CN1CC(C)(C)S(C)(=O)=O. The fourth-order valence-electron chi connectivity index (χ4n) is 2.95. The van der Waals surface area contributed by atoms with Crippen molar-refractivity contribution >= 4 is 9.84 Å². The highest BCUT2D eigenvalue weighted by atomic mass is 32.2. The molecule has 0 saturated carbocycles. The van der Waals surface area contributed by atoms with Crippen molar-refractivity contribution in [3.63, 3.8) is 0 Å². The number of hydrogen-bond acceptors (Lipinski definition) is 4. The average molecular weight is 304 g/mol. The summed E-state index contributed by atoms with van der Waals surface area (Å²) in [6, 6.07) is 0.433. The van der Waals surface area contributed by atoms with Gasteiger partial charge >= 0.3 is 0 Å². The molecule has 0 aliphatic carbocycles. The van der Waals surface area contributed by atoms with Crippen molar-refractivity contribution in [2.75, 3.05) is 25.9 Å². The molecule has 5 heteroatoms. The van der Waals surface area contributed by atoms with Crippen LogP contribution in [-0.4, -0.2) is 55.5 Å². The minimum absolute atomic E-state index is 0.138. The van der Waals surface area contributed by atoms with Crippen molar-refractivity contribution in [1.82, 2.24) is 10.2 Å². The summed E-state index contributed by atoms with van der Waals surface area (Å²) in [7, 11) is -3.05. The van der Waals surface area contributed by atoms with E-state index in [0.717, 1.165) is 32.4 Å². The molecule has 120 valence electrons. The molecular formula is C15H32N2O2S. The molecule has 0 aromatic rings. The molecule has 1 heterocycles. The Bertz CT molecular complexity index is 414. The highest BCUT2D eigenvalue weighted by molar-refractivity contribution is 7.92. The maximum Gasteiger partial charge on any atom is 0.153 e. The average Bonchev–Trinajstić information content (AvgIpc) is 2.36. The molecule has 20 heavy (non-hydrogen) atoms. The highest BCUT2D eigenvalue weighted by Crippen LogP contribution is 2.27. The van der Waals surface area contributed by atoms with Crippen LogP contribution < -0.4 is 5.32 Å². The van der Waals surface area contributed by atoms with Crippen LogP contribution in [0.4, 0.5) is 0 Å². The van der Waals surface area contributed by atoms with Crippen molar-refractivity contribution in [3.8, 4) is 0 Å². The quantitative estimate of drug-likeness (QED) is 0.816. The Balaban J connectivity index is 2.93. The Morgan fingerprint density at radius 3 is 2.20 bits per heavy atom. The third-order valence-electron chi connectivity index (χ3n) is 5.15. The monoisotopic (exact) mass is 304 g/mol. The van der Waals surface area contributed by atoms with E-state index >= 15 is 0 Å². The Hall–Kier alpha value is -0.130. The van der Waals surface area contributed by atoms with E-state index in [-0.39, 0.29) is 5.54 Å². The normalized spacial score (nSPS) is 24.8. The first kappa shape index (κ1) is 17.9. The number of nitrogens with zero attached hydrogens (tertiary/aromatic N) is 1. The molecule has 1 fully saturated rings. The van der Waals surface area contributed by atoms with E-state index in [9.17, 15) is 8.42 Å². The number of nitrogens with one attached hydrogen (secondary N) is 1. The van der Waals surface area contributed by atoms with Gasteiger partial charge in [0.1, 0.15) is 0 Å². The predicted octanol–water partition coefficient (Wildman–Crippen LogP) is 2.05. The number of rotatable bonds is 6. The third-order valence-corrected chi connectivity index (χ3v) is 7.28. The molecule has 1 atom stereocenters. The molecule has 0 aromatic heterocycles. The lowest BCUT2D eigenvalue weighted by molar-refractivity contribution is 0.0642. The number of sulfone groups is 1. The van der Waals surface area contributed by atoms with Crippen molar-refractivity contribution < 1.29 is 8.42 Å². The molecule has 1 saturated heterocycles. The van der Waals surface area contributed by atoms with E-state index in [1.54, 1.807) is 0 Å². The van der Waals surface area contributed by atoms with Crippen molar-refractivity contribution in [2.45, 2.75) is 70.2 Å². The van der Waals surface area contributed by atoms with Gasteiger partial charge in [-0.2, -0.15) is 0 Å². The second-order valence-corrected chi connectivity index (χ2v) is 9.52. The lowest BCUT2D eigenvalue weighted by Gasteiger charge is -2.49. The zero-order valence-corrected chi connectivity index (χ0v) is 14.8. The molecule has 1 aliphatic heterocycles. The van der Waals surface area contributed by atoms with Gasteiger partial charge in [-0.05, 0) is 33.1 Å². The lowest BCUT2D eigenvalue weighted by atomic mass is 9.87. The molecular weight excluding hydrogens is 272 g/mol. The molecule has 0 amide bonds. The number of piperazine rings is 1. The van der Waals surface area contributed by atoms with Crippen LogP contribution in [0.15, 0.2) is 0 Å². The Labute approximate surface area is 125 Å². The predicted molar refractivity (Wildman–Crippen MR) is 85.9 cm³/mol. The van der Waals surface area contributed by atoms with E-state index in [4.69, 9.17) is 0 Å². The Kier molecular flexibility index (Phi) is 5.67. The van der Waals surface area contributed by atoms with E-state index in [1.807, 2.05) is 13.8 Å². The zero-order chi connectivity index (χ0) is 15.6. The standard InChI is InChI=1S/C15H32N2O2S/c1-7-13-10-16-15(8-2,9-3)12-17(13)11-14(4,5)20(6,18)19/h13,16H,7-12H2,1-6H3. The minimum atomic E-state index is -3.05. The second kappa shape index (κ2) is 6.32. The summed E-state index contributed by atoms with van der Waals surface area (Å²) in [6.45, 7) is 12.8. The molecule has 1 rings (SSSR count). The van der Waals surface area contributed by atoms with Gasteiger partial charge in [0, 0.05) is 37.5 Å². The van der Waals surface area contributed by atoms with Crippen molar-refractivity contribution in [3.05, 3.63) is 0 Å². The molecule has 1 unspecified atom stereocenters. The Morgan fingerprint density at radius 2 is 1.80 bits per heavy atom. The summed E-state index contributed by atoms with van der Waals surface area (Å²) >= 11 is 0. The minimum Gasteiger partial charge on any atom is -0.308 e. The van der Waals surface area contributed by atoms with Crippen molar-refractivity contribution in [1.29, 1.82) is 0 Å². The molecule has 0 aromatic carbocycles. The van der Waals surface area contributed by atoms with Gasteiger partial charge in [-0.25, -0.2) is 8.42 Å². The molecule has 1 N–H and O–H groups in total.